The summed E-state index contributed by atoms with van der Waals surface area (Å²) in [5, 5.41) is 1.68. The van der Waals surface area contributed by atoms with Crippen LogP contribution in [0.1, 0.15) is 88.7 Å². The second-order valence-corrected chi connectivity index (χ2v) is 18.6. The van der Waals surface area contributed by atoms with Gasteiger partial charge in [0.25, 0.3) is 0 Å². The Labute approximate surface area is 245 Å². The van der Waals surface area contributed by atoms with Crippen molar-refractivity contribution in [3.05, 3.63) is 113 Å². The molecule has 0 amide bonds. The zero-order chi connectivity index (χ0) is 27.3. The number of rotatable bonds is 7. The van der Waals surface area contributed by atoms with Crippen molar-refractivity contribution in [2.45, 2.75) is 95.8 Å². The van der Waals surface area contributed by atoms with E-state index in [0.29, 0.717) is 0 Å². The fraction of sp³-hybridized carbons (Fsp3) is 0.395. The number of aryl methyl sites for hydroxylation is 1. The molecule has 3 aliphatic rings. The Morgan fingerprint density at radius 1 is 0.575 bits per heavy atom. The minimum Gasteiger partial charge on any atom is -0.0830 e. The summed E-state index contributed by atoms with van der Waals surface area (Å²) >= 11 is 0. The molecule has 0 saturated heterocycles. The van der Waals surface area contributed by atoms with Crippen molar-refractivity contribution in [1.82, 2.24) is 0 Å². The van der Waals surface area contributed by atoms with Gasteiger partial charge in [-0.05, 0) is 104 Å². The van der Waals surface area contributed by atoms with Crippen LogP contribution >= 0.6 is 15.2 Å². The Morgan fingerprint density at radius 3 is 1.80 bits per heavy atom. The van der Waals surface area contributed by atoms with E-state index in [9.17, 15) is 0 Å². The van der Waals surface area contributed by atoms with Crippen LogP contribution in [0.3, 0.4) is 0 Å². The second-order valence-electron chi connectivity index (χ2n) is 12.1. The predicted molar refractivity (Wildman–Crippen MR) is 180 cm³/mol. The molecule has 0 heterocycles. The van der Waals surface area contributed by atoms with Crippen molar-refractivity contribution in [1.29, 1.82) is 0 Å². The van der Waals surface area contributed by atoms with Crippen LogP contribution in [0.15, 0.2) is 96.6 Å². The lowest BCUT2D eigenvalue weighted by molar-refractivity contribution is 0.508. The number of hydrogen-bond acceptors (Lipinski definition) is 0. The highest BCUT2D eigenvalue weighted by atomic mass is 32.1. The standard InChI is InChI=1S/C38H45P2/c1-29-15-12-13-23-36(29)38-30(2)16-14-24-37(38)40(34-21-10-5-11-22-34)39(33-19-8-4-9-20-33)35-27-25-32(26-28-35)31-17-6-3-7-18-31/h3,6-7,12-18,23,25-28,33-34H,4-5,8-11,19-22,24H2,1-2H3. The first kappa shape index (κ1) is 28.1. The van der Waals surface area contributed by atoms with Crippen LogP contribution in [0.2, 0.25) is 0 Å². The molecule has 2 atom stereocenters. The highest BCUT2D eigenvalue weighted by Crippen LogP contribution is 2.83. The van der Waals surface area contributed by atoms with E-state index >= 15 is 0 Å². The van der Waals surface area contributed by atoms with Crippen LogP contribution in [0, 0.1) is 12.6 Å². The molecule has 207 valence electrons. The molecule has 6 rings (SSSR count). The summed E-state index contributed by atoms with van der Waals surface area (Å²) in [5.41, 5.74) is 12.3. The molecule has 40 heavy (non-hydrogen) atoms. The molecule has 0 aromatic heterocycles. The van der Waals surface area contributed by atoms with Crippen LogP contribution < -0.4 is 5.30 Å². The Morgan fingerprint density at radius 2 is 1.15 bits per heavy atom. The maximum absolute atomic E-state index is 2.56. The number of hydrogen-bond donors (Lipinski definition) is 0. The smallest absolute Gasteiger partial charge is 0.0384 e. The van der Waals surface area contributed by atoms with Crippen LogP contribution in [0.5, 0.6) is 0 Å². The van der Waals surface area contributed by atoms with Gasteiger partial charge in [0.05, 0.1) is 0 Å². The van der Waals surface area contributed by atoms with Crippen LogP contribution in [-0.4, -0.2) is 11.3 Å². The normalized spacial score (nSPS) is 20.9. The quantitative estimate of drug-likeness (QED) is 0.251. The summed E-state index contributed by atoms with van der Waals surface area (Å²) in [6.07, 6.45) is 20.4. The van der Waals surface area contributed by atoms with E-state index in [1.807, 2.05) is 5.66 Å². The lowest BCUT2D eigenvalue weighted by Crippen LogP contribution is -2.23. The van der Waals surface area contributed by atoms with Crippen LogP contribution in [0.25, 0.3) is 16.7 Å². The van der Waals surface area contributed by atoms with E-state index in [2.05, 4.69) is 105 Å². The van der Waals surface area contributed by atoms with Gasteiger partial charge in [0.2, 0.25) is 0 Å². The first-order valence-corrected chi connectivity index (χ1v) is 19.3. The highest BCUT2D eigenvalue weighted by molar-refractivity contribution is 8.34. The molecule has 0 spiro atoms. The van der Waals surface area contributed by atoms with Gasteiger partial charge in [0.1, 0.15) is 0 Å². The first-order valence-electron chi connectivity index (χ1n) is 15.7. The molecule has 3 aromatic rings. The highest BCUT2D eigenvalue weighted by Gasteiger charge is 2.43. The fourth-order valence-corrected chi connectivity index (χ4v) is 18.3. The van der Waals surface area contributed by atoms with Crippen molar-refractivity contribution < 1.29 is 0 Å². The van der Waals surface area contributed by atoms with E-state index in [0.717, 1.165) is 17.7 Å². The first-order chi connectivity index (χ1) is 19.7. The maximum Gasteiger partial charge on any atom is 0.0384 e. The second kappa shape index (κ2) is 13.3. The van der Waals surface area contributed by atoms with Crippen molar-refractivity contribution in [2.24, 2.45) is 0 Å². The summed E-state index contributed by atoms with van der Waals surface area (Å²) in [6.45, 7) is 4.70. The molecule has 2 unspecified atom stereocenters. The van der Waals surface area contributed by atoms with Crippen molar-refractivity contribution in [3.63, 3.8) is 0 Å². The molecule has 0 nitrogen and oxygen atoms in total. The van der Waals surface area contributed by atoms with E-state index < -0.39 is 0 Å². The lowest BCUT2D eigenvalue weighted by atomic mass is 9.89. The van der Waals surface area contributed by atoms with Gasteiger partial charge in [0, 0.05) is 5.66 Å². The minimum atomic E-state index is -0.253. The summed E-state index contributed by atoms with van der Waals surface area (Å²) in [5.74, 6) is 0. The van der Waals surface area contributed by atoms with Crippen LogP contribution in [-0.2, 0) is 0 Å². The zero-order valence-electron chi connectivity index (χ0n) is 24.5. The zero-order valence-corrected chi connectivity index (χ0v) is 26.3. The van der Waals surface area contributed by atoms with Gasteiger partial charge in [-0.1, -0.05) is 137 Å². The van der Waals surface area contributed by atoms with Crippen molar-refractivity contribution >= 4 is 26.1 Å². The Kier molecular flexibility index (Phi) is 9.37. The average molecular weight is 564 g/mol. The van der Waals surface area contributed by atoms with E-state index in [1.54, 1.807) is 10.9 Å². The predicted octanol–water partition coefficient (Wildman–Crippen LogP) is 11.8. The molecule has 2 heteroatoms. The van der Waals surface area contributed by atoms with Gasteiger partial charge >= 0.3 is 0 Å². The molecule has 3 aliphatic carbocycles. The van der Waals surface area contributed by atoms with E-state index in [1.165, 1.54) is 92.0 Å². The topological polar surface area (TPSA) is 0 Å². The van der Waals surface area contributed by atoms with Gasteiger partial charge in [-0.15, -0.1) is 0 Å². The fourth-order valence-electron chi connectivity index (χ4n) is 7.32. The number of benzene rings is 3. The number of allylic oxidation sites excluding steroid dienone is 4. The monoisotopic (exact) mass is 563 g/mol. The summed E-state index contributed by atoms with van der Waals surface area (Å²) < 4.78 is 0. The van der Waals surface area contributed by atoms with Crippen LogP contribution in [0.4, 0.5) is 0 Å². The Balaban J connectivity index is 1.46. The van der Waals surface area contributed by atoms with Gasteiger partial charge in [0.15, 0.2) is 0 Å². The Hall–Kier alpha value is -2.00. The summed E-state index contributed by atoms with van der Waals surface area (Å²) in [4.78, 5) is 0. The van der Waals surface area contributed by atoms with E-state index in [-0.39, 0.29) is 15.2 Å². The lowest BCUT2D eigenvalue weighted by Gasteiger charge is -2.47. The molecular weight excluding hydrogens is 518 g/mol. The Bertz CT molecular complexity index is 1310. The van der Waals surface area contributed by atoms with Gasteiger partial charge < -0.3 is 0 Å². The SMILES string of the molecule is CC1=C(c2ccccc2C)[C](P(C2CCCCC2)P(c2ccc(-c3ccccc3)cc2)C2CCCCC2)CC=C1. The third-order valence-corrected chi connectivity index (χ3v) is 18.8. The van der Waals surface area contributed by atoms with E-state index in [4.69, 9.17) is 0 Å². The molecule has 0 N–H and O–H groups in total. The van der Waals surface area contributed by atoms with Gasteiger partial charge in [-0.3, -0.25) is 0 Å². The molecule has 0 bridgehead atoms. The van der Waals surface area contributed by atoms with Gasteiger partial charge in [-0.25, -0.2) is 0 Å². The molecular formula is C38H45P2. The molecule has 1 radical (unpaired) electrons. The molecule has 0 aliphatic heterocycles. The minimum absolute atomic E-state index is 0.250. The molecule has 2 fully saturated rings. The van der Waals surface area contributed by atoms with Crippen molar-refractivity contribution in [2.75, 3.05) is 0 Å². The summed E-state index contributed by atoms with van der Waals surface area (Å²) in [6, 6.07) is 30.1. The summed E-state index contributed by atoms with van der Waals surface area (Å²) in [7, 11) is -0.503. The van der Waals surface area contributed by atoms with Gasteiger partial charge in [-0.2, -0.15) is 0 Å². The largest absolute Gasteiger partial charge is 0.0830 e. The molecule has 3 aromatic carbocycles. The van der Waals surface area contributed by atoms with Crippen molar-refractivity contribution in [3.8, 4) is 11.1 Å². The third kappa shape index (κ3) is 6.10. The maximum atomic E-state index is 2.56. The molecule has 2 saturated carbocycles. The third-order valence-electron chi connectivity index (χ3n) is 9.37. The average Bonchev–Trinajstić information content (AvgIpc) is 3.02.